The number of aliphatic imine (C=N–C) groups is 1. The van der Waals surface area contributed by atoms with Gasteiger partial charge in [0.1, 0.15) is 3.70 Å². The highest BCUT2D eigenvalue weighted by Gasteiger charge is 1.89. The Bertz CT molecular complexity index is 231. The second-order valence-corrected chi connectivity index (χ2v) is 3.78. The monoisotopic (exact) mass is 343 g/mol. The molecule has 0 bridgehead atoms. The van der Waals surface area contributed by atoms with E-state index in [9.17, 15) is 0 Å². The van der Waals surface area contributed by atoms with Crippen molar-refractivity contribution in [2.75, 3.05) is 0 Å². The van der Waals surface area contributed by atoms with Gasteiger partial charge in [-0.3, -0.25) is 0 Å². The third kappa shape index (κ3) is 2.64. The van der Waals surface area contributed by atoms with Gasteiger partial charge in [0, 0.05) is 9.66 Å². The molecule has 1 aliphatic rings. The molecular formula is C6H3I2N. The standard InChI is InChI=1S/C6H3I2N/c7-5-2-1-3-9-6(8)4-5/h1-2,4H. The summed E-state index contributed by atoms with van der Waals surface area (Å²) >= 11 is 4.41. The van der Waals surface area contributed by atoms with Gasteiger partial charge in [-0.05, 0) is 63.2 Å². The summed E-state index contributed by atoms with van der Waals surface area (Å²) < 4.78 is 2.16. The average molecular weight is 343 g/mol. The van der Waals surface area contributed by atoms with E-state index >= 15 is 0 Å². The summed E-state index contributed by atoms with van der Waals surface area (Å²) in [6.45, 7) is 0. The van der Waals surface area contributed by atoms with Gasteiger partial charge in [0.25, 0.3) is 0 Å². The van der Waals surface area contributed by atoms with Crippen molar-refractivity contribution in [3.8, 4) is 0 Å². The second-order valence-electron chi connectivity index (χ2n) is 1.43. The molecule has 1 rings (SSSR count). The third-order valence-corrected chi connectivity index (χ3v) is 1.97. The lowest BCUT2D eigenvalue weighted by atomic mass is 10.5. The van der Waals surface area contributed by atoms with Crippen LogP contribution in [0.25, 0.3) is 0 Å². The van der Waals surface area contributed by atoms with Crippen molar-refractivity contribution in [2.45, 2.75) is 0 Å². The van der Waals surface area contributed by atoms with Crippen molar-refractivity contribution in [3.05, 3.63) is 25.5 Å². The maximum absolute atomic E-state index is 3.96. The molecule has 0 saturated heterocycles. The Morgan fingerprint density at radius 3 is 3.00 bits per heavy atom. The van der Waals surface area contributed by atoms with Gasteiger partial charge < -0.3 is 0 Å². The third-order valence-electron chi connectivity index (χ3n) is 0.745. The van der Waals surface area contributed by atoms with E-state index in [0.717, 1.165) is 3.70 Å². The van der Waals surface area contributed by atoms with Crippen LogP contribution in [0.15, 0.2) is 30.5 Å². The number of rotatable bonds is 0. The summed E-state index contributed by atoms with van der Waals surface area (Å²) in [6.07, 6.45) is 5.78. The van der Waals surface area contributed by atoms with Crippen molar-refractivity contribution in [3.63, 3.8) is 0 Å². The van der Waals surface area contributed by atoms with Crippen LogP contribution in [0, 0.1) is 0 Å². The first-order chi connectivity index (χ1) is 4.29. The van der Waals surface area contributed by atoms with Crippen molar-refractivity contribution >= 4 is 51.1 Å². The van der Waals surface area contributed by atoms with Crippen molar-refractivity contribution < 1.29 is 0 Å². The predicted molar refractivity (Wildman–Crippen MR) is 56.2 cm³/mol. The van der Waals surface area contributed by atoms with E-state index in [2.05, 4.69) is 56.0 Å². The van der Waals surface area contributed by atoms with Crippen LogP contribution in [-0.2, 0) is 0 Å². The van der Waals surface area contributed by atoms with Crippen LogP contribution in [0.3, 0.4) is 0 Å². The van der Waals surface area contributed by atoms with E-state index in [1.165, 1.54) is 3.58 Å². The van der Waals surface area contributed by atoms with E-state index in [1.54, 1.807) is 0 Å². The molecule has 0 N–H and O–H groups in total. The Kier molecular flexibility index (Phi) is 2.94. The number of hydrogen-bond donors (Lipinski definition) is 0. The van der Waals surface area contributed by atoms with Crippen LogP contribution in [0.2, 0.25) is 0 Å². The highest BCUT2D eigenvalue weighted by molar-refractivity contribution is 14.1. The van der Waals surface area contributed by atoms with Gasteiger partial charge in [-0.2, -0.15) is 4.99 Å². The van der Waals surface area contributed by atoms with E-state index in [4.69, 9.17) is 0 Å². The molecule has 0 aromatic rings. The molecule has 3 heteroatoms. The van der Waals surface area contributed by atoms with Gasteiger partial charge >= 0.3 is 0 Å². The van der Waals surface area contributed by atoms with Crippen LogP contribution in [0.1, 0.15) is 0 Å². The van der Waals surface area contributed by atoms with Gasteiger partial charge in [-0.25, -0.2) is 0 Å². The molecule has 0 amide bonds. The summed E-state index contributed by atoms with van der Waals surface area (Å²) in [6, 6.07) is 0. The fourth-order valence-corrected chi connectivity index (χ4v) is 1.96. The van der Waals surface area contributed by atoms with E-state index in [1.807, 2.05) is 18.2 Å². The minimum Gasteiger partial charge on any atom is -0.200 e. The minimum absolute atomic E-state index is 0.974. The molecule has 1 nitrogen and oxygen atoms in total. The molecule has 0 atom stereocenters. The topological polar surface area (TPSA) is 12.4 Å². The molecule has 46 valence electrons. The number of hydrogen-bond acceptors (Lipinski definition) is 1. The SMILES string of the molecule is IC1=CC=C=NC(I)=C1. The van der Waals surface area contributed by atoms with Crippen molar-refractivity contribution in [1.82, 2.24) is 0 Å². The zero-order chi connectivity index (χ0) is 6.69. The zero-order valence-corrected chi connectivity index (χ0v) is 8.75. The molecule has 9 heavy (non-hydrogen) atoms. The lowest BCUT2D eigenvalue weighted by Gasteiger charge is -1.83. The average Bonchev–Trinajstić information content (AvgIpc) is 1.93. The largest absolute Gasteiger partial charge is 0.200 e. The fourth-order valence-electron chi connectivity index (χ4n) is 0.410. The predicted octanol–water partition coefficient (Wildman–Crippen LogP) is 2.82. The van der Waals surface area contributed by atoms with Crippen LogP contribution >= 0.6 is 45.2 Å². The molecule has 0 saturated carbocycles. The summed E-state index contributed by atoms with van der Waals surface area (Å²) in [5.41, 5.74) is 0. The summed E-state index contributed by atoms with van der Waals surface area (Å²) in [5.74, 6) is 2.77. The molecule has 1 heterocycles. The number of halogens is 2. The van der Waals surface area contributed by atoms with E-state index < -0.39 is 0 Å². The molecule has 0 unspecified atom stereocenters. The molecule has 0 aromatic carbocycles. The molecule has 0 aromatic heterocycles. The lowest BCUT2D eigenvalue weighted by molar-refractivity contribution is 1.59. The molecule has 0 radical (unpaired) electrons. The first-order valence-corrected chi connectivity index (χ1v) is 4.47. The lowest BCUT2D eigenvalue weighted by Crippen LogP contribution is -1.59. The maximum atomic E-state index is 3.96. The maximum Gasteiger partial charge on any atom is 0.112 e. The Balaban J connectivity index is 3.00. The summed E-state index contributed by atoms with van der Waals surface area (Å²) in [4.78, 5) is 3.96. The highest BCUT2D eigenvalue weighted by atomic mass is 127. The first-order valence-electron chi connectivity index (χ1n) is 2.31. The Morgan fingerprint density at radius 2 is 2.22 bits per heavy atom. The molecule has 1 aliphatic heterocycles. The van der Waals surface area contributed by atoms with Gasteiger partial charge in [0.15, 0.2) is 0 Å². The van der Waals surface area contributed by atoms with Crippen LogP contribution in [-0.4, -0.2) is 5.87 Å². The number of nitrogens with zero attached hydrogens (tertiary/aromatic N) is 1. The van der Waals surface area contributed by atoms with Crippen LogP contribution < -0.4 is 0 Å². The van der Waals surface area contributed by atoms with Crippen LogP contribution in [0.5, 0.6) is 0 Å². The zero-order valence-electron chi connectivity index (χ0n) is 4.44. The smallest absolute Gasteiger partial charge is 0.112 e. The van der Waals surface area contributed by atoms with E-state index in [-0.39, 0.29) is 0 Å². The second kappa shape index (κ2) is 3.53. The molecule has 0 fully saturated rings. The van der Waals surface area contributed by atoms with E-state index in [0.29, 0.717) is 0 Å². The van der Waals surface area contributed by atoms with Crippen molar-refractivity contribution in [1.29, 1.82) is 0 Å². The Hall–Kier alpha value is 0.390. The van der Waals surface area contributed by atoms with Crippen LogP contribution in [0.4, 0.5) is 0 Å². The van der Waals surface area contributed by atoms with Gasteiger partial charge in [0.05, 0.1) is 0 Å². The molecular weight excluding hydrogens is 340 g/mol. The van der Waals surface area contributed by atoms with Gasteiger partial charge in [-0.15, -0.1) is 0 Å². The van der Waals surface area contributed by atoms with Gasteiger partial charge in [-0.1, -0.05) is 0 Å². The number of allylic oxidation sites excluding steroid dienone is 4. The fraction of sp³-hybridized carbons (Fsp3) is 0. The normalized spacial score (nSPS) is 16.7. The van der Waals surface area contributed by atoms with Gasteiger partial charge in [0.2, 0.25) is 0 Å². The minimum atomic E-state index is 0.974. The first kappa shape index (κ1) is 7.50. The highest BCUT2D eigenvalue weighted by Crippen LogP contribution is 2.16. The summed E-state index contributed by atoms with van der Waals surface area (Å²) in [7, 11) is 0. The Labute approximate surface area is 80.9 Å². The molecule has 0 aliphatic carbocycles. The molecule has 0 spiro atoms. The quantitative estimate of drug-likeness (QED) is 0.474. The summed E-state index contributed by atoms with van der Waals surface area (Å²) in [5, 5.41) is 0. The Morgan fingerprint density at radius 1 is 1.44 bits per heavy atom. The van der Waals surface area contributed by atoms with Crippen molar-refractivity contribution in [2.24, 2.45) is 4.99 Å².